The molecule has 0 spiro atoms. The molecule has 0 saturated heterocycles. The third-order valence-electron chi connectivity index (χ3n) is 2.21. The molecule has 0 aliphatic carbocycles. The molecule has 0 amide bonds. The lowest BCUT2D eigenvalue weighted by Crippen LogP contribution is -2.02. The first kappa shape index (κ1) is 14.6. The molecule has 0 heterocycles. The summed E-state index contributed by atoms with van der Waals surface area (Å²) in [5, 5.41) is -0.199. The van der Waals surface area contributed by atoms with Crippen molar-refractivity contribution in [3.05, 3.63) is 40.4 Å². The fourth-order valence-electron chi connectivity index (χ4n) is 1.21. The summed E-state index contributed by atoms with van der Waals surface area (Å²) >= 11 is 5.51. The van der Waals surface area contributed by atoms with Gasteiger partial charge in [-0.1, -0.05) is 24.9 Å². The summed E-state index contributed by atoms with van der Waals surface area (Å²) in [6.45, 7) is 2.25. The fourth-order valence-corrected chi connectivity index (χ4v) is 1.38. The number of unbranched alkanes of at least 4 members (excludes halogenated alkanes) is 1. The normalized spacial score (nSPS) is 10.9. The quantitative estimate of drug-likeness (QED) is 0.351. The standard InChI is InChI=1S/C13H13ClF2O2/c1-2-3-8-18-12(17)7-4-9-11(15)6-5-10(14)13(9)16/h4-7H,2-3,8H2,1H3/b7-4+. The third kappa shape index (κ3) is 4.11. The van der Waals surface area contributed by atoms with Crippen LogP contribution in [-0.4, -0.2) is 12.6 Å². The monoisotopic (exact) mass is 274 g/mol. The number of rotatable bonds is 5. The minimum Gasteiger partial charge on any atom is -0.463 e. The molecule has 18 heavy (non-hydrogen) atoms. The first-order valence-electron chi connectivity index (χ1n) is 5.54. The van der Waals surface area contributed by atoms with Crippen LogP contribution in [0.15, 0.2) is 18.2 Å². The van der Waals surface area contributed by atoms with Crippen molar-refractivity contribution in [2.24, 2.45) is 0 Å². The van der Waals surface area contributed by atoms with Crippen molar-refractivity contribution in [3.63, 3.8) is 0 Å². The Kier molecular flexibility index (Phi) is 5.78. The van der Waals surface area contributed by atoms with Crippen molar-refractivity contribution in [1.82, 2.24) is 0 Å². The molecular formula is C13H13ClF2O2. The van der Waals surface area contributed by atoms with E-state index >= 15 is 0 Å². The highest BCUT2D eigenvalue weighted by atomic mass is 35.5. The lowest BCUT2D eigenvalue weighted by Gasteiger charge is -2.02. The predicted octanol–water partition coefficient (Wildman–Crippen LogP) is 3.97. The van der Waals surface area contributed by atoms with Crippen LogP contribution < -0.4 is 0 Å². The van der Waals surface area contributed by atoms with Gasteiger partial charge in [-0.15, -0.1) is 0 Å². The van der Waals surface area contributed by atoms with Gasteiger partial charge in [0, 0.05) is 11.6 Å². The zero-order valence-electron chi connectivity index (χ0n) is 9.88. The smallest absolute Gasteiger partial charge is 0.330 e. The summed E-state index contributed by atoms with van der Waals surface area (Å²) in [7, 11) is 0. The first-order chi connectivity index (χ1) is 8.56. The molecule has 0 aromatic heterocycles. The van der Waals surface area contributed by atoms with Crippen molar-refractivity contribution in [1.29, 1.82) is 0 Å². The highest BCUT2D eigenvalue weighted by molar-refractivity contribution is 6.30. The molecule has 98 valence electrons. The van der Waals surface area contributed by atoms with E-state index in [1.54, 1.807) is 0 Å². The van der Waals surface area contributed by atoms with Gasteiger partial charge in [0.25, 0.3) is 0 Å². The van der Waals surface area contributed by atoms with Crippen LogP contribution in [0.25, 0.3) is 6.08 Å². The van der Waals surface area contributed by atoms with E-state index in [-0.39, 0.29) is 10.6 Å². The van der Waals surface area contributed by atoms with Gasteiger partial charge in [-0.05, 0) is 24.6 Å². The van der Waals surface area contributed by atoms with Gasteiger partial charge >= 0.3 is 5.97 Å². The van der Waals surface area contributed by atoms with Crippen LogP contribution in [0, 0.1) is 11.6 Å². The van der Waals surface area contributed by atoms with Gasteiger partial charge in [0.1, 0.15) is 5.82 Å². The Bertz CT molecular complexity index is 459. The molecule has 1 rings (SSSR count). The van der Waals surface area contributed by atoms with Crippen LogP contribution in [0.1, 0.15) is 25.3 Å². The number of esters is 1. The van der Waals surface area contributed by atoms with Crippen molar-refractivity contribution >= 4 is 23.6 Å². The minimum atomic E-state index is -0.894. The summed E-state index contributed by atoms with van der Waals surface area (Å²) < 4.78 is 31.5. The zero-order chi connectivity index (χ0) is 13.5. The second kappa shape index (κ2) is 7.11. The molecule has 2 nitrogen and oxygen atoms in total. The SMILES string of the molecule is CCCCOC(=O)/C=C/c1c(F)ccc(Cl)c1F. The van der Waals surface area contributed by atoms with E-state index in [2.05, 4.69) is 0 Å². The number of carbonyl (C=O) groups is 1. The number of carbonyl (C=O) groups excluding carboxylic acids is 1. The molecule has 0 aliphatic heterocycles. The van der Waals surface area contributed by atoms with E-state index < -0.39 is 17.6 Å². The predicted molar refractivity (Wildman–Crippen MR) is 66.3 cm³/mol. The molecule has 1 aromatic carbocycles. The lowest BCUT2D eigenvalue weighted by atomic mass is 10.2. The summed E-state index contributed by atoms with van der Waals surface area (Å²) in [6, 6.07) is 2.15. The van der Waals surface area contributed by atoms with E-state index in [4.69, 9.17) is 16.3 Å². The van der Waals surface area contributed by atoms with Crippen molar-refractivity contribution in [2.75, 3.05) is 6.61 Å². The first-order valence-corrected chi connectivity index (χ1v) is 5.92. The van der Waals surface area contributed by atoms with Gasteiger partial charge in [0.2, 0.25) is 0 Å². The molecule has 0 N–H and O–H groups in total. The second-order valence-electron chi connectivity index (χ2n) is 3.61. The van der Waals surface area contributed by atoms with Gasteiger partial charge in [-0.25, -0.2) is 13.6 Å². The molecule has 0 fully saturated rings. The number of hydrogen-bond donors (Lipinski definition) is 0. The maximum Gasteiger partial charge on any atom is 0.330 e. The molecule has 0 unspecified atom stereocenters. The highest BCUT2D eigenvalue weighted by Gasteiger charge is 2.10. The number of benzene rings is 1. The van der Waals surface area contributed by atoms with E-state index in [0.717, 1.165) is 37.1 Å². The molecule has 1 aromatic rings. The Hall–Kier alpha value is -1.42. The number of halogens is 3. The highest BCUT2D eigenvalue weighted by Crippen LogP contribution is 2.22. The van der Waals surface area contributed by atoms with Crippen LogP contribution in [-0.2, 0) is 9.53 Å². The average molecular weight is 275 g/mol. The third-order valence-corrected chi connectivity index (χ3v) is 2.50. The summed E-state index contributed by atoms with van der Waals surface area (Å²) in [6.07, 6.45) is 3.65. The van der Waals surface area contributed by atoms with Crippen molar-refractivity contribution < 1.29 is 18.3 Å². The topological polar surface area (TPSA) is 26.3 Å². The Balaban J connectivity index is 2.72. The van der Waals surface area contributed by atoms with Gasteiger partial charge in [0.15, 0.2) is 5.82 Å². The maximum atomic E-state index is 13.4. The minimum absolute atomic E-state index is 0.199. The van der Waals surface area contributed by atoms with Gasteiger partial charge in [-0.2, -0.15) is 0 Å². The molecule has 5 heteroatoms. The average Bonchev–Trinajstić information content (AvgIpc) is 2.34. The summed E-state index contributed by atoms with van der Waals surface area (Å²) in [5.41, 5.74) is -0.352. The Morgan fingerprint density at radius 1 is 1.44 bits per heavy atom. The van der Waals surface area contributed by atoms with Crippen LogP contribution in [0.4, 0.5) is 8.78 Å². The van der Waals surface area contributed by atoms with Gasteiger partial charge in [-0.3, -0.25) is 0 Å². The van der Waals surface area contributed by atoms with Crippen molar-refractivity contribution in [2.45, 2.75) is 19.8 Å². The Labute approximate surface area is 109 Å². The molecule has 0 bridgehead atoms. The van der Waals surface area contributed by atoms with E-state index in [1.165, 1.54) is 0 Å². The van der Waals surface area contributed by atoms with Crippen LogP contribution in [0.5, 0.6) is 0 Å². The Morgan fingerprint density at radius 2 is 2.17 bits per heavy atom. The molecule has 0 aliphatic rings. The van der Waals surface area contributed by atoms with Gasteiger partial charge < -0.3 is 4.74 Å². The van der Waals surface area contributed by atoms with Crippen LogP contribution >= 0.6 is 11.6 Å². The number of hydrogen-bond acceptors (Lipinski definition) is 2. The van der Waals surface area contributed by atoms with E-state index in [0.29, 0.717) is 6.61 Å². The lowest BCUT2D eigenvalue weighted by molar-refractivity contribution is -0.137. The van der Waals surface area contributed by atoms with E-state index in [9.17, 15) is 13.6 Å². The zero-order valence-corrected chi connectivity index (χ0v) is 10.6. The maximum absolute atomic E-state index is 13.4. The molecule has 0 radical (unpaired) electrons. The largest absolute Gasteiger partial charge is 0.463 e. The van der Waals surface area contributed by atoms with Crippen LogP contribution in [0.3, 0.4) is 0 Å². The summed E-state index contributed by atoms with van der Waals surface area (Å²) in [4.78, 5) is 11.2. The van der Waals surface area contributed by atoms with Gasteiger partial charge in [0.05, 0.1) is 11.6 Å². The van der Waals surface area contributed by atoms with Crippen LogP contribution in [0.2, 0.25) is 5.02 Å². The van der Waals surface area contributed by atoms with Crippen molar-refractivity contribution in [3.8, 4) is 0 Å². The fraction of sp³-hybridized carbons (Fsp3) is 0.308. The molecule has 0 saturated carbocycles. The number of ether oxygens (including phenoxy) is 1. The second-order valence-corrected chi connectivity index (χ2v) is 4.02. The molecular weight excluding hydrogens is 262 g/mol. The molecule has 0 atom stereocenters. The summed E-state index contributed by atoms with van der Waals surface area (Å²) in [5.74, 6) is -2.31. The van der Waals surface area contributed by atoms with E-state index in [1.807, 2.05) is 6.92 Å². The Morgan fingerprint density at radius 3 is 2.83 bits per heavy atom.